The number of nitrogens with zero attached hydrogens (tertiary/aromatic N) is 3. The minimum atomic E-state index is -0.507. The molecule has 0 bridgehead atoms. The minimum absolute atomic E-state index is 0.00765. The molecule has 6 heteroatoms. The van der Waals surface area contributed by atoms with Crippen LogP contribution in [0.25, 0.3) is 5.57 Å². The highest BCUT2D eigenvalue weighted by Crippen LogP contribution is 2.37. The number of rotatable bonds is 2. The zero-order valence-corrected chi connectivity index (χ0v) is 16.2. The van der Waals surface area contributed by atoms with Crippen LogP contribution in [0.15, 0.2) is 52.3 Å². The second-order valence-electron chi connectivity index (χ2n) is 7.52. The summed E-state index contributed by atoms with van der Waals surface area (Å²) in [6.07, 6.45) is 5.66. The van der Waals surface area contributed by atoms with E-state index in [9.17, 15) is 9.59 Å². The van der Waals surface area contributed by atoms with Crippen molar-refractivity contribution in [3.8, 4) is 0 Å². The van der Waals surface area contributed by atoms with Gasteiger partial charge in [0.15, 0.2) is 0 Å². The van der Waals surface area contributed by atoms with Crippen LogP contribution in [0.5, 0.6) is 0 Å². The molecule has 28 heavy (non-hydrogen) atoms. The molecule has 3 aliphatic rings. The Hall–Kier alpha value is -3.02. The molecule has 0 fully saturated rings. The van der Waals surface area contributed by atoms with E-state index in [0.717, 1.165) is 11.3 Å². The summed E-state index contributed by atoms with van der Waals surface area (Å²) in [5.41, 5.74) is 3.34. The van der Waals surface area contributed by atoms with Crippen molar-refractivity contribution in [1.82, 2.24) is 4.90 Å². The second-order valence-corrected chi connectivity index (χ2v) is 7.52. The molecule has 0 radical (unpaired) electrons. The summed E-state index contributed by atoms with van der Waals surface area (Å²) in [6, 6.07) is 5.20. The Kier molecular flexibility index (Phi) is 4.49. The third-order valence-corrected chi connectivity index (χ3v) is 5.44. The summed E-state index contributed by atoms with van der Waals surface area (Å²) in [5.74, 6) is -0.842. The van der Waals surface area contributed by atoms with Crippen molar-refractivity contribution >= 4 is 29.3 Å². The van der Waals surface area contributed by atoms with Crippen molar-refractivity contribution in [1.29, 1.82) is 0 Å². The lowest BCUT2D eigenvalue weighted by Gasteiger charge is -2.33. The molecule has 0 aromatic heterocycles. The molecule has 2 amide bonds. The summed E-state index contributed by atoms with van der Waals surface area (Å²) in [6.45, 7) is 4.63. The molecule has 3 heterocycles. The van der Waals surface area contributed by atoms with Crippen LogP contribution in [0.1, 0.15) is 25.0 Å². The summed E-state index contributed by atoms with van der Waals surface area (Å²) >= 11 is 0. The predicted octanol–water partition coefficient (Wildman–Crippen LogP) is 3.07. The fourth-order valence-corrected chi connectivity index (χ4v) is 3.82. The first kappa shape index (κ1) is 18.3. The number of aliphatic imine (C=N–C) groups is 1. The first-order valence-electron chi connectivity index (χ1n) is 9.39. The van der Waals surface area contributed by atoms with Crippen molar-refractivity contribution in [2.75, 3.05) is 25.0 Å². The van der Waals surface area contributed by atoms with Crippen LogP contribution in [0, 0.1) is 0 Å². The maximum absolute atomic E-state index is 15.6. The molecular weight excluding hydrogens is 357 g/mol. The molecule has 0 N–H and O–H groups in total. The van der Waals surface area contributed by atoms with E-state index in [4.69, 9.17) is 0 Å². The fourth-order valence-electron chi connectivity index (χ4n) is 3.82. The van der Waals surface area contributed by atoms with Gasteiger partial charge in [-0.1, -0.05) is 18.2 Å². The van der Waals surface area contributed by atoms with Crippen molar-refractivity contribution in [3.05, 3.63) is 58.5 Å². The minimum Gasteiger partial charge on any atom is -0.332 e. The number of halogens is 1. The van der Waals surface area contributed by atoms with E-state index in [1.54, 1.807) is 41.3 Å². The molecule has 0 unspecified atom stereocenters. The number of likely N-dealkylation sites (N-methyl/N-ethyl adjacent to an activating group) is 1. The predicted molar refractivity (Wildman–Crippen MR) is 108 cm³/mol. The van der Waals surface area contributed by atoms with Crippen molar-refractivity contribution < 1.29 is 14.0 Å². The summed E-state index contributed by atoms with van der Waals surface area (Å²) in [5, 5.41) is 0. The molecule has 5 nitrogen and oxygen atoms in total. The number of hydrogen-bond acceptors (Lipinski definition) is 3. The van der Waals surface area contributed by atoms with E-state index in [1.165, 1.54) is 0 Å². The van der Waals surface area contributed by atoms with Gasteiger partial charge in [-0.3, -0.25) is 14.6 Å². The summed E-state index contributed by atoms with van der Waals surface area (Å²) < 4.78 is 15.6. The van der Waals surface area contributed by atoms with Crippen LogP contribution in [-0.4, -0.2) is 49.1 Å². The maximum atomic E-state index is 15.6. The van der Waals surface area contributed by atoms with Gasteiger partial charge in [0.2, 0.25) is 5.91 Å². The third-order valence-electron chi connectivity index (χ3n) is 5.44. The van der Waals surface area contributed by atoms with Crippen LogP contribution in [0.3, 0.4) is 0 Å². The molecule has 3 aliphatic heterocycles. The van der Waals surface area contributed by atoms with E-state index in [0.29, 0.717) is 23.3 Å². The van der Waals surface area contributed by atoms with Gasteiger partial charge < -0.3 is 9.80 Å². The summed E-state index contributed by atoms with van der Waals surface area (Å²) in [4.78, 5) is 32.6. The Balaban J connectivity index is 1.88. The Bertz CT molecular complexity index is 987. The SMILES string of the molecule is CC(C)N1CC(=C2C=CCN=C2)C(F)=C(c2ccc3c(c2)CC(=O)N3C)C1=O. The molecule has 1 aromatic carbocycles. The zero-order chi connectivity index (χ0) is 20.0. The highest BCUT2D eigenvalue weighted by Gasteiger charge is 2.35. The van der Waals surface area contributed by atoms with Crippen LogP contribution >= 0.6 is 0 Å². The van der Waals surface area contributed by atoms with Crippen molar-refractivity contribution in [2.24, 2.45) is 4.99 Å². The van der Waals surface area contributed by atoms with Crippen LogP contribution in [0.2, 0.25) is 0 Å². The number of carbonyl (C=O) groups is 2. The molecule has 0 spiro atoms. The number of anilines is 1. The number of fused-ring (bicyclic) bond motifs is 1. The van der Waals surface area contributed by atoms with Gasteiger partial charge in [0, 0.05) is 37.1 Å². The standard InChI is InChI=1S/C22H22FN3O2/c1-13(2)26-12-17(15-5-4-8-24-11-15)21(23)20(22(26)28)14-6-7-18-16(9-14)10-19(27)25(18)3/h4-7,9,11,13H,8,10,12H2,1-3H3. The molecule has 0 saturated carbocycles. The van der Waals surface area contributed by atoms with E-state index < -0.39 is 5.83 Å². The molecule has 0 atom stereocenters. The van der Waals surface area contributed by atoms with Gasteiger partial charge in [0.05, 0.1) is 18.5 Å². The number of amides is 2. The molecule has 4 rings (SSSR count). The average molecular weight is 379 g/mol. The normalized spacial score (nSPS) is 22.0. The number of benzene rings is 1. The third kappa shape index (κ3) is 2.89. The van der Waals surface area contributed by atoms with E-state index in [-0.39, 0.29) is 36.4 Å². The second kappa shape index (κ2) is 6.86. The molecule has 144 valence electrons. The average Bonchev–Trinajstić information content (AvgIpc) is 2.96. The van der Waals surface area contributed by atoms with Gasteiger partial charge in [-0.2, -0.15) is 0 Å². The van der Waals surface area contributed by atoms with Gasteiger partial charge in [-0.05, 0) is 42.7 Å². The lowest BCUT2D eigenvalue weighted by molar-refractivity contribution is -0.126. The number of dihydropyridines is 1. The largest absolute Gasteiger partial charge is 0.332 e. The number of allylic oxidation sites excluding steroid dienone is 2. The van der Waals surface area contributed by atoms with E-state index in [1.807, 2.05) is 26.0 Å². The number of carbonyl (C=O) groups excluding carboxylic acids is 2. The molecule has 1 aromatic rings. The van der Waals surface area contributed by atoms with Crippen molar-refractivity contribution in [3.63, 3.8) is 0 Å². The Labute approximate surface area is 163 Å². The first-order valence-corrected chi connectivity index (χ1v) is 9.39. The highest BCUT2D eigenvalue weighted by molar-refractivity contribution is 6.22. The van der Waals surface area contributed by atoms with E-state index in [2.05, 4.69) is 4.99 Å². The van der Waals surface area contributed by atoms with Gasteiger partial charge in [0.1, 0.15) is 5.83 Å². The molecule has 0 aliphatic carbocycles. The van der Waals surface area contributed by atoms with Crippen LogP contribution < -0.4 is 4.90 Å². The maximum Gasteiger partial charge on any atom is 0.257 e. The highest BCUT2D eigenvalue weighted by atomic mass is 19.1. The van der Waals surface area contributed by atoms with Crippen LogP contribution in [0.4, 0.5) is 10.1 Å². The lowest BCUT2D eigenvalue weighted by Crippen LogP contribution is -2.42. The molecular formula is C22H22FN3O2. The van der Waals surface area contributed by atoms with Gasteiger partial charge in [-0.25, -0.2) is 4.39 Å². The monoisotopic (exact) mass is 379 g/mol. The van der Waals surface area contributed by atoms with Gasteiger partial charge in [0.25, 0.3) is 5.91 Å². The Morgan fingerprint density at radius 3 is 2.68 bits per heavy atom. The Morgan fingerprint density at radius 1 is 1.21 bits per heavy atom. The molecule has 0 saturated heterocycles. The topological polar surface area (TPSA) is 53.0 Å². The lowest BCUT2D eigenvalue weighted by atomic mass is 9.91. The zero-order valence-electron chi connectivity index (χ0n) is 16.2. The quantitative estimate of drug-likeness (QED) is 0.793. The first-order chi connectivity index (χ1) is 13.4. The van der Waals surface area contributed by atoms with Gasteiger partial charge in [-0.15, -0.1) is 0 Å². The fraction of sp³-hybridized carbons (Fsp3) is 0.318. The van der Waals surface area contributed by atoms with E-state index >= 15 is 4.39 Å². The smallest absolute Gasteiger partial charge is 0.257 e. The van der Waals surface area contributed by atoms with Crippen LogP contribution in [-0.2, 0) is 16.0 Å². The van der Waals surface area contributed by atoms with Gasteiger partial charge >= 0.3 is 0 Å². The van der Waals surface area contributed by atoms with Crippen molar-refractivity contribution in [2.45, 2.75) is 26.3 Å². The number of hydrogen-bond donors (Lipinski definition) is 0. The Morgan fingerprint density at radius 2 is 2.00 bits per heavy atom. The summed E-state index contributed by atoms with van der Waals surface area (Å²) in [7, 11) is 1.72.